The zero-order valence-corrected chi connectivity index (χ0v) is 18.1. The van der Waals surface area contributed by atoms with Crippen LogP contribution in [0.25, 0.3) is 0 Å². The molecule has 0 atom stereocenters. The van der Waals surface area contributed by atoms with E-state index >= 15 is 0 Å². The van der Waals surface area contributed by atoms with Gasteiger partial charge in [-0.3, -0.25) is 9.48 Å². The minimum atomic E-state index is -0.271. The second-order valence-electron chi connectivity index (χ2n) is 6.23. The molecule has 3 rings (SSSR count). The first kappa shape index (κ1) is 20.4. The number of amides is 1. The molecule has 148 valence electrons. The monoisotopic (exact) mass is 466 g/mol. The number of rotatable bonds is 7. The molecule has 1 amide bonds. The maximum Gasteiger partial charge on any atom is 0.276 e. The smallest absolute Gasteiger partial charge is 0.276 e. The van der Waals surface area contributed by atoms with Gasteiger partial charge in [-0.1, -0.05) is 28.9 Å². The number of aromatic nitrogens is 3. The fourth-order valence-corrected chi connectivity index (χ4v) is 3.26. The Bertz CT molecular complexity index is 985. The van der Waals surface area contributed by atoms with E-state index in [1.807, 2.05) is 25.3 Å². The molecule has 0 saturated heterocycles. The summed E-state index contributed by atoms with van der Waals surface area (Å²) in [6.45, 7) is 4.96. The van der Waals surface area contributed by atoms with Crippen LogP contribution in [-0.4, -0.2) is 32.8 Å². The molecule has 28 heavy (non-hydrogen) atoms. The van der Waals surface area contributed by atoms with Gasteiger partial charge in [-0.2, -0.15) is 5.10 Å². The summed E-state index contributed by atoms with van der Waals surface area (Å²) in [7, 11) is 1.70. The normalized spacial score (nSPS) is 10.9. The highest BCUT2D eigenvalue weighted by Gasteiger charge is 2.24. The number of para-hydroxylation sites is 1. The van der Waals surface area contributed by atoms with E-state index in [4.69, 9.17) is 20.9 Å². The molecule has 0 N–H and O–H groups in total. The first-order chi connectivity index (χ1) is 13.4. The molecular weight excluding hydrogens is 448 g/mol. The molecule has 0 unspecified atom stereocenters. The lowest BCUT2D eigenvalue weighted by Crippen LogP contribution is -2.28. The van der Waals surface area contributed by atoms with Crippen molar-refractivity contribution in [2.75, 3.05) is 7.05 Å². The van der Waals surface area contributed by atoms with Gasteiger partial charge in [0.05, 0.1) is 27.3 Å². The minimum Gasteiger partial charge on any atom is -0.487 e. The Balaban J connectivity index is 1.75. The van der Waals surface area contributed by atoms with Crippen molar-refractivity contribution in [2.45, 2.75) is 33.5 Å². The fraction of sp³-hybridized carbons (Fsp3) is 0.316. The maximum atomic E-state index is 12.9. The molecule has 0 aliphatic heterocycles. The second kappa shape index (κ2) is 8.79. The van der Waals surface area contributed by atoms with Crippen molar-refractivity contribution < 1.29 is 14.1 Å². The Morgan fingerprint density at radius 3 is 2.82 bits per heavy atom. The number of benzene rings is 1. The van der Waals surface area contributed by atoms with Crippen molar-refractivity contribution in [1.82, 2.24) is 19.8 Å². The predicted molar refractivity (Wildman–Crippen MR) is 108 cm³/mol. The number of ether oxygens (including phenoxy) is 1. The number of carbonyl (C=O) groups excluding carboxylic acids is 1. The summed E-state index contributed by atoms with van der Waals surface area (Å²) >= 11 is 9.60. The summed E-state index contributed by atoms with van der Waals surface area (Å²) in [6, 6.07) is 7.15. The van der Waals surface area contributed by atoms with Crippen molar-refractivity contribution in [3.63, 3.8) is 0 Å². The molecule has 0 aliphatic carbocycles. The molecule has 9 heteroatoms. The standard InChI is InChI=1S/C19H20BrClN4O3/c1-4-25-9-14(20)16(22-25)10-24(3)19(26)18-13(12(2)28-23-18)11-27-17-8-6-5-7-15(17)21/h5-9H,4,10-11H2,1-3H3. The van der Waals surface area contributed by atoms with Gasteiger partial charge in [0.1, 0.15) is 18.1 Å². The van der Waals surface area contributed by atoms with Gasteiger partial charge in [-0.05, 0) is 41.9 Å². The Labute approximate surface area is 176 Å². The lowest BCUT2D eigenvalue weighted by molar-refractivity contribution is 0.0770. The molecule has 0 aliphatic rings. The van der Waals surface area contributed by atoms with E-state index in [0.717, 1.165) is 16.7 Å². The van der Waals surface area contributed by atoms with Crippen molar-refractivity contribution in [2.24, 2.45) is 0 Å². The maximum absolute atomic E-state index is 12.9. The van der Waals surface area contributed by atoms with Crippen molar-refractivity contribution >= 4 is 33.4 Å². The van der Waals surface area contributed by atoms with Crippen LogP contribution in [-0.2, 0) is 19.7 Å². The molecule has 0 bridgehead atoms. The molecule has 3 aromatic rings. The van der Waals surface area contributed by atoms with E-state index in [1.54, 1.807) is 35.7 Å². The number of hydrogen-bond acceptors (Lipinski definition) is 5. The number of halogens is 2. The SMILES string of the molecule is CCn1cc(Br)c(CN(C)C(=O)c2noc(C)c2COc2ccccc2Cl)n1. The van der Waals surface area contributed by atoms with Crippen LogP contribution in [0.1, 0.15) is 34.4 Å². The summed E-state index contributed by atoms with van der Waals surface area (Å²) in [4.78, 5) is 14.5. The lowest BCUT2D eigenvalue weighted by atomic mass is 10.2. The van der Waals surface area contributed by atoms with E-state index < -0.39 is 0 Å². The van der Waals surface area contributed by atoms with E-state index in [0.29, 0.717) is 28.6 Å². The topological polar surface area (TPSA) is 73.4 Å². The summed E-state index contributed by atoms with van der Waals surface area (Å²) in [5, 5.41) is 8.89. The molecule has 2 aromatic heterocycles. The Morgan fingerprint density at radius 2 is 2.14 bits per heavy atom. The summed E-state index contributed by atoms with van der Waals surface area (Å²) < 4.78 is 13.7. The summed E-state index contributed by atoms with van der Waals surface area (Å²) in [5.41, 5.74) is 1.58. The fourth-order valence-electron chi connectivity index (χ4n) is 2.62. The minimum absolute atomic E-state index is 0.127. The summed E-state index contributed by atoms with van der Waals surface area (Å²) in [5.74, 6) is 0.790. The largest absolute Gasteiger partial charge is 0.487 e. The van der Waals surface area contributed by atoms with Crippen LogP contribution in [0.2, 0.25) is 5.02 Å². The van der Waals surface area contributed by atoms with Crippen molar-refractivity contribution in [1.29, 1.82) is 0 Å². The van der Waals surface area contributed by atoms with Crippen molar-refractivity contribution in [3.8, 4) is 5.75 Å². The average molecular weight is 468 g/mol. The van der Waals surface area contributed by atoms with Gasteiger partial charge in [0.2, 0.25) is 0 Å². The molecule has 7 nitrogen and oxygen atoms in total. The van der Waals surface area contributed by atoms with E-state index in [2.05, 4.69) is 26.2 Å². The molecule has 0 spiro atoms. The Hall–Kier alpha value is -2.32. The van der Waals surface area contributed by atoms with Crippen molar-refractivity contribution in [3.05, 3.63) is 62.7 Å². The Morgan fingerprint density at radius 1 is 1.39 bits per heavy atom. The lowest BCUT2D eigenvalue weighted by Gasteiger charge is -2.15. The molecule has 0 radical (unpaired) electrons. The molecule has 0 saturated carbocycles. The zero-order chi connectivity index (χ0) is 20.3. The highest BCUT2D eigenvalue weighted by Crippen LogP contribution is 2.26. The predicted octanol–water partition coefficient (Wildman–Crippen LogP) is 4.47. The first-order valence-electron chi connectivity index (χ1n) is 8.70. The number of nitrogens with zero attached hydrogens (tertiary/aromatic N) is 4. The third-order valence-corrected chi connectivity index (χ3v) is 5.22. The molecular formula is C19H20BrClN4O3. The number of hydrogen-bond donors (Lipinski definition) is 0. The second-order valence-corrected chi connectivity index (χ2v) is 7.49. The van der Waals surface area contributed by atoms with Gasteiger partial charge in [0, 0.05) is 19.8 Å². The third kappa shape index (κ3) is 4.39. The van der Waals surface area contributed by atoms with E-state index in [9.17, 15) is 4.79 Å². The van der Waals surface area contributed by atoms with Crippen LogP contribution in [0.15, 0.2) is 39.5 Å². The van der Waals surface area contributed by atoms with Crippen LogP contribution < -0.4 is 4.74 Å². The van der Waals surface area contributed by atoms with Crippen LogP contribution in [0.5, 0.6) is 5.75 Å². The average Bonchev–Trinajstić information content (AvgIpc) is 3.22. The van der Waals surface area contributed by atoms with Crippen LogP contribution in [0.3, 0.4) is 0 Å². The highest BCUT2D eigenvalue weighted by atomic mass is 79.9. The van der Waals surface area contributed by atoms with Gasteiger partial charge >= 0.3 is 0 Å². The molecule has 1 aromatic carbocycles. The first-order valence-corrected chi connectivity index (χ1v) is 9.87. The van der Waals surface area contributed by atoms with Gasteiger partial charge in [0.15, 0.2) is 5.69 Å². The van der Waals surface area contributed by atoms with E-state index in [-0.39, 0.29) is 18.2 Å². The van der Waals surface area contributed by atoms with Gasteiger partial charge in [-0.15, -0.1) is 0 Å². The highest BCUT2D eigenvalue weighted by molar-refractivity contribution is 9.10. The third-order valence-electron chi connectivity index (χ3n) is 4.24. The zero-order valence-electron chi connectivity index (χ0n) is 15.8. The van der Waals surface area contributed by atoms with Gasteiger partial charge in [-0.25, -0.2) is 0 Å². The summed E-state index contributed by atoms with van der Waals surface area (Å²) in [6.07, 6.45) is 1.89. The van der Waals surface area contributed by atoms with Gasteiger partial charge in [0.25, 0.3) is 5.91 Å². The quantitative estimate of drug-likeness (QED) is 0.513. The number of carbonyl (C=O) groups is 1. The van der Waals surface area contributed by atoms with E-state index in [1.165, 1.54) is 0 Å². The molecule has 2 heterocycles. The van der Waals surface area contributed by atoms with Gasteiger partial charge < -0.3 is 14.2 Å². The Kier molecular flexibility index (Phi) is 6.41. The van der Waals surface area contributed by atoms with Crippen LogP contribution >= 0.6 is 27.5 Å². The molecule has 0 fully saturated rings. The number of aryl methyl sites for hydroxylation is 2. The van der Waals surface area contributed by atoms with Crippen LogP contribution in [0.4, 0.5) is 0 Å². The van der Waals surface area contributed by atoms with Crippen LogP contribution in [0, 0.1) is 6.92 Å².